The van der Waals surface area contributed by atoms with E-state index < -0.39 is 12.7 Å². The van der Waals surface area contributed by atoms with Crippen LogP contribution in [0.1, 0.15) is 26.7 Å². The van der Waals surface area contributed by atoms with E-state index in [9.17, 15) is 14.0 Å². The molecule has 0 spiro atoms. The summed E-state index contributed by atoms with van der Waals surface area (Å²) in [5.41, 5.74) is 0. The molecular weight excluding hydrogens is 211 g/mol. The zero-order valence-electron chi connectivity index (χ0n) is 9.83. The van der Waals surface area contributed by atoms with Crippen LogP contribution in [0, 0.1) is 5.92 Å². The number of carbonyl (C=O) groups excluding carboxylic acids is 2. The Morgan fingerprint density at radius 3 is 2.75 bits per heavy atom. The van der Waals surface area contributed by atoms with Gasteiger partial charge in [-0.05, 0) is 18.8 Å². The molecule has 0 aromatic heterocycles. The van der Waals surface area contributed by atoms with E-state index in [4.69, 9.17) is 0 Å². The highest BCUT2D eigenvalue weighted by atomic mass is 19.1. The molecule has 0 aliphatic carbocycles. The first-order valence-electron chi connectivity index (χ1n) is 5.69. The number of nitrogens with one attached hydrogen (secondary N) is 1. The van der Waals surface area contributed by atoms with Crippen LogP contribution < -0.4 is 5.32 Å². The van der Waals surface area contributed by atoms with Crippen molar-refractivity contribution < 1.29 is 14.0 Å². The zero-order valence-corrected chi connectivity index (χ0v) is 9.83. The molecule has 0 bridgehead atoms. The molecule has 1 N–H and O–H groups in total. The Labute approximate surface area is 95.2 Å². The van der Waals surface area contributed by atoms with E-state index in [0.29, 0.717) is 25.3 Å². The number of hydrogen-bond acceptors (Lipinski definition) is 2. The van der Waals surface area contributed by atoms with Gasteiger partial charge >= 0.3 is 0 Å². The average molecular weight is 230 g/mol. The maximum absolute atomic E-state index is 12.1. The fraction of sp³-hybridized carbons (Fsp3) is 0.818. The standard InChI is InChI=1S/C11H19FN2O2/c1-8(2)6-9-11(16)13-7-10(15)14(9)5-3-4-12/h8-9H,3-7H2,1-2H3,(H,13,16). The fourth-order valence-corrected chi connectivity index (χ4v) is 1.89. The van der Waals surface area contributed by atoms with E-state index in [0.717, 1.165) is 0 Å². The second-order valence-electron chi connectivity index (χ2n) is 4.49. The molecule has 1 fully saturated rings. The summed E-state index contributed by atoms with van der Waals surface area (Å²) in [6.07, 6.45) is 0.928. The molecule has 0 aromatic rings. The highest BCUT2D eigenvalue weighted by Gasteiger charge is 2.34. The van der Waals surface area contributed by atoms with Crippen molar-refractivity contribution in [1.29, 1.82) is 0 Å². The number of hydrogen-bond donors (Lipinski definition) is 1. The minimum absolute atomic E-state index is 0.0414. The number of carbonyl (C=O) groups is 2. The summed E-state index contributed by atoms with van der Waals surface area (Å²) in [6, 6.07) is -0.423. The number of halogens is 1. The van der Waals surface area contributed by atoms with E-state index in [1.165, 1.54) is 4.90 Å². The van der Waals surface area contributed by atoms with E-state index in [2.05, 4.69) is 5.32 Å². The maximum atomic E-state index is 12.1. The predicted octanol–water partition coefficient (Wildman–Crippen LogP) is 0.719. The third kappa shape index (κ3) is 3.18. The third-order valence-corrected chi connectivity index (χ3v) is 2.64. The normalized spacial score (nSPS) is 21.5. The molecular formula is C11H19FN2O2. The summed E-state index contributed by atoms with van der Waals surface area (Å²) >= 11 is 0. The molecule has 1 saturated heterocycles. The monoisotopic (exact) mass is 230 g/mol. The number of amides is 2. The Bertz CT molecular complexity index is 269. The van der Waals surface area contributed by atoms with Gasteiger partial charge in [0, 0.05) is 6.54 Å². The summed E-state index contributed by atoms with van der Waals surface area (Å²) in [4.78, 5) is 24.8. The molecule has 0 aromatic carbocycles. The molecule has 1 atom stereocenters. The Morgan fingerprint density at radius 1 is 1.50 bits per heavy atom. The lowest BCUT2D eigenvalue weighted by Crippen LogP contribution is -2.58. The first-order chi connectivity index (χ1) is 7.56. The van der Waals surface area contributed by atoms with Gasteiger partial charge < -0.3 is 10.2 Å². The van der Waals surface area contributed by atoms with Crippen LogP contribution in [0.15, 0.2) is 0 Å². The van der Waals surface area contributed by atoms with Crippen molar-refractivity contribution in [2.75, 3.05) is 19.8 Å². The van der Waals surface area contributed by atoms with Gasteiger partial charge in [0.25, 0.3) is 0 Å². The largest absolute Gasteiger partial charge is 0.345 e. The fourth-order valence-electron chi connectivity index (χ4n) is 1.89. The van der Waals surface area contributed by atoms with Gasteiger partial charge in [-0.2, -0.15) is 0 Å². The molecule has 0 radical (unpaired) electrons. The van der Waals surface area contributed by atoms with Crippen LogP contribution in [-0.4, -0.2) is 42.5 Å². The number of alkyl halides is 1. The second kappa shape index (κ2) is 5.82. The van der Waals surface area contributed by atoms with Gasteiger partial charge in [0.05, 0.1) is 13.2 Å². The highest BCUT2D eigenvalue weighted by molar-refractivity contribution is 5.94. The van der Waals surface area contributed by atoms with Gasteiger partial charge in [-0.3, -0.25) is 14.0 Å². The topological polar surface area (TPSA) is 49.4 Å². The highest BCUT2D eigenvalue weighted by Crippen LogP contribution is 2.15. The Balaban J connectivity index is 2.69. The summed E-state index contributed by atoms with van der Waals surface area (Å²) in [7, 11) is 0. The van der Waals surface area contributed by atoms with Gasteiger partial charge in [0.15, 0.2) is 0 Å². The molecule has 2 amide bonds. The van der Waals surface area contributed by atoms with Crippen molar-refractivity contribution in [2.45, 2.75) is 32.7 Å². The SMILES string of the molecule is CC(C)CC1C(=O)NCC(=O)N1CCCF. The Kier molecular flexibility index (Phi) is 4.71. The first-order valence-corrected chi connectivity index (χ1v) is 5.69. The van der Waals surface area contributed by atoms with E-state index in [1.54, 1.807) is 0 Å². The van der Waals surface area contributed by atoms with Gasteiger partial charge in [-0.25, -0.2) is 0 Å². The Hall–Kier alpha value is -1.13. The van der Waals surface area contributed by atoms with Crippen LogP contribution in [0.3, 0.4) is 0 Å². The average Bonchev–Trinajstić information content (AvgIpc) is 2.22. The van der Waals surface area contributed by atoms with Crippen LogP contribution in [0.2, 0.25) is 0 Å². The molecule has 92 valence electrons. The molecule has 4 nitrogen and oxygen atoms in total. The summed E-state index contributed by atoms with van der Waals surface area (Å²) < 4.78 is 12.1. The van der Waals surface area contributed by atoms with Crippen LogP contribution >= 0.6 is 0 Å². The molecule has 1 aliphatic rings. The van der Waals surface area contributed by atoms with Crippen LogP contribution in [0.5, 0.6) is 0 Å². The lowest BCUT2D eigenvalue weighted by molar-refractivity contribution is -0.146. The van der Waals surface area contributed by atoms with E-state index >= 15 is 0 Å². The second-order valence-corrected chi connectivity index (χ2v) is 4.49. The third-order valence-electron chi connectivity index (χ3n) is 2.64. The molecule has 1 aliphatic heterocycles. The van der Waals surface area contributed by atoms with Crippen molar-refractivity contribution in [1.82, 2.24) is 10.2 Å². The zero-order chi connectivity index (χ0) is 12.1. The molecule has 0 saturated carbocycles. The van der Waals surface area contributed by atoms with Crippen molar-refractivity contribution in [3.05, 3.63) is 0 Å². The lowest BCUT2D eigenvalue weighted by Gasteiger charge is -2.35. The van der Waals surface area contributed by atoms with E-state index in [1.807, 2.05) is 13.8 Å². The smallest absolute Gasteiger partial charge is 0.243 e. The summed E-state index contributed by atoms with van der Waals surface area (Å²) in [5.74, 6) is 0.0976. The molecule has 16 heavy (non-hydrogen) atoms. The van der Waals surface area contributed by atoms with E-state index in [-0.39, 0.29) is 18.4 Å². The van der Waals surface area contributed by atoms with Crippen molar-refractivity contribution in [2.24, 2.45) is 5.92 Å². The Morgan fingerprint density at radius 2 is 2.19 bits per heavy atom. The van der Waals surface area contributed by atoms with Gasteiger partial charge in [0.1, 0.15) is 6.04 Å². The molecule has 1 unspecified atom stereocenters. The first kappa shape index (κ1) is 12.9. The maximum Gasteiger partial charge on any atom is 0.243 e. The predicted molar refractivity (Wildman–Crippen MR) is 58.6 cm³/mol. The van der Waals surface area contributed by atoms with Crippen LogP contribution in [-0.2, 0) is 9.59 Å². The van der Waals surface area contributed by atoms with Gasteiger partial charge in [-0.15, -0.1) is 0 Å². The summed E-state index contributed by atoms with van der Waals surface area (Å²) in [5, 5.41) is 2.57. The number of rotatable bonds is 5. The summed E-state index contributed by atoms with van der Waals surface area (Å²) in [6.45, 7) is 3.92. The number of nitrogens with zero attached hydrogens (tertiary/aromatic N) is 1. The van der Waals surface area contributed by atoms with Crippen molar-refractivity contribution >= 4 is 11.8 Å². The minimum Gasteiger partial charge on any atom is -0.345 e. The van der Waals surface area contributed by atoms with Crippen LogP contribution in [0.4, 0.5) is 4.39 Å². The number of piperazine rings is 1. The molecule has 1 rings (SSSR count). The quantitative estimate of drug-likeness (QED) is 0.756. The van der Waals surface area contributed by atoms with Gasteiger partial charge in [0.2, 0.25) is 11.8 Å². The minimum atomic E-state index is -0.459. The molecule has 1 heterocycles. The van der Waals surface area contributed by atoms with Gasteiger partial charge in [-0.1, -0.05) is 13.8 Å². The lowest BCUT2D eigenvalue weighted by atomic mass is 10.00. The van der Waals surface area contributed by atoms with Crippen LogP contribution in [0.25, 0.3) is 0 Å². The molecule has 5 heteroatoms. The van der Waals surface area contributed by atoms with Crippen molar-refractivity contribution in [3.8, 4) is 0 Å². The van der Waals surface area contributed by atoms with Crippen molar-refractivity contribution in [3.63, 3.8) is 0 Å².